The number of alkyl halides is 1. The number of hydrogen-bond donors (Lipinski definition) is 3. The van der Waals surface area contributed by atoms with Gasteiger partial charge in [-0.25, -0.2) is 14.2 Å². The second kappa shape index (κ2) is 10.0. The number of hydrogen-bond acceptors (Lipinski definition) is 5. The highest BCUT2D eigenvalue weighted by Crippen LogP contribution is 2.30. The molecule has 160 valence electrons. The van der Waals surface area contributed by atoms with Crippen LogP contribution in [0.1, 0.15) is 12.0 Å². The molecule has 1 aromatic carbocycles. The van der Waals surface area contributed by atoms with Crippen LogP contribution < -0.4 is 10.0 Å². The van der Waals surface area contributed by atoms with Crippen LogP contribution in [0.5, 0.6) is 0 Å². The van der Waals surface area contributed by atoms with E-state index in [1.54, 1.807) is 6.20 Å². The zero-order valence-electron chi connectivity index (χ0n) is 16.4. The van der Waals surface area contributed by atoms with Crippen LogP contribution in [0.2, 0.25) is 0 Å². The molecule has 0 saturated carbocycles. The smallest absolute Gasteiger partial charge is 0.230 e. The lowest BCUT2D eigenvalue weighted by atomic mass is 10.1. The number of carbonyl (C=O) groups excluding carboxylic acids is 1. The molecule has 10 heteroatoms. The van der Waals surface area contributed by atoms with Crippen molar-refractivity contribution in [3.8, 4) is 11.3 Å². The van der Waals surface area contributed by atoms with Crippen molar-refractivity contribution in [2.45, 2.75) is 12.8 Å². The summed E-state index contributed by atoms with van der Waals surface area (Å²) in [7, 11) is -1.20. The van der Waals surface area contributed by atoms with Crippen molar-refractivity contribution < 1.29 is 9.00 Å². The van der Waals surface area contributed by atoms with Crippen LogP contribution in [0.3, 0.4) is 0 Å². The third-order valence-electron chi connectivity index (χ3n) is 4.46. The van der Waals surface area contributed by atoms with E-state index in [1.807, 2.05) is 48.0 Å². The third-order valence-corrected chi connectivity index (χ3v) is 6.61. The monoisotopic (exact) mass is 473 g/mol. The summed E-state index contributed by atoms with van der Waals surface area (Å²) in [4.78, 5) is 24.5. The summed E-state index contributed by atoms with van der Waals surface area (Å²) in [6, 6.07) is 11.2. The Labute approximate surface area is 190 Å². The first-order valence-electron chi connectivity index (χ1n) is 9.60. The second-order valence-electron chi connectivity index (χ2n) is 6.76. The number of carbonyl (C=O) groups is 1. The minimum atomic E-state index is -1.20. The Balaban J connectivity index is 1.38. The molecule has 0 saturated heterocycles. The molecule has 0 fully saturated rings. The highest BCUT2D eigenvalue weighted by molar-refractivity contribution is 7.86. The third kappa shape index (κ3) is 5.49. The van der Waals surface area contributed by atoms with Gasteiger partial charge >= 0.3 is 0 Å². The minimum Gasteiger partial charge on any atom is -0.345 e. The maximum atomic E-state index is 12.5. The van der Waals surface area contributed by atoms with Gasteiger partial charge in [-0.15, -0.1) is 22.9 Å². The first-order chi connectivity index (χ1) is 15.1. The van der Waals surface area contributed by atoms with Gasteiger partial charge in [0.25, 0.3) is 0 Å². The van der Waals surface area contributed by atoms with Gasteiger partial charge in [0.05, 0.1) is 12.1 Å². The van der Waals surface area contributed by atoms with E-state index in [0.29, 0.717) is 28.9 Å². The van der Waals surface area contributed by atoms with Crippen LogP contribution >= 0.6 is 22.9 Å². The van der Waals surface area contributed by atoms with Gasteiger partial charge in [-0.05, 0) is 36.2 Å². The molecule has 3 aromatic heterocycles. The fourth-order valence-electron chi connectivity index (χ4n) is 3.08. The number of aromatic nitrogens is 3. The fourth-order valence-corrected chi connectivity index (χ4v) is 5.00. The summed E-state index contributed by atoms with van der Waals surface area (Å²) >= 11 is 7.01. The summed E-state index contributed by atoms with van der Waals surface area (Å²) < 4.78 is 14.9. The molecule has 0 aliphatic heterocycles. The molecule has 4 rings (SSSR count). The van der Waals surface area contributed by atoms with Crippen molar-refractivity contribution >= 4 is 61.7 Å². The van der Waals surface area contributed by atoms with Gasteiger partial charge in [-0.3, -0.25) is 4.79 Å². The topological polar surface area (TPSA) is 99.8 Å². The largest absolute Gasteiger partial charge is 0.345 e. The number of H-pyrrole nitrogens is 1. The van der Waals surface area contributed by atoms with Crippen molar-refractivity contribution in [1.82, 2.24) is 15.0 Å². The zero-order valence-corrected chi connectivity index (χ0v) is 18.8. The lowest BCUT2D eigenvalue weighted by Crippen LogP contribution is -2.14. The average molecular weight is 474 g/mol. The normalized spacial score (nSPS) is 12.0. The molecule has 0 aliphatic carbocycles. The lowest BCUT2D eigenvalue weighted by molar-refractivity contribution is -0.115. The highest BCUT2D eigenvalue weighted by Gasteiger charge is 2.12. The van der Waals surface area contributed by atoms with E-state index in [4.69, 9.17) is 11.6 Å². The predicted molar refractivity (Wildman–Crippen MR) is 128 cm³/mol. The van der Waals surface area contributed by atoms with Gasteiger partial charge in [-0.2, -0.15) is 0 Å². The van der Waals surface area contributed by atoms with Gasteiger partial charge in [0.15, 0.2) is 5.13 Å². The number of benzene rings is 1. The first kappa shape index (κ1) is 21.5. The Kier molecular flexibility index (Phi) is 6.96. The molecule has 7 nitrogen and oxygen atoms in total. The van der Waals surface area contributed by atoms with Gasteiger partial charge in [0.2, 0.25) is 5.91 Å². The Bertz CT molecular complexity index is 1220. The SMILES string of the molecule is O=C(Cc1cccc(NS(=O)CCCCl)c1)Nc1nc(-c2c[nH]c3ncccc23)cs1. The summed E-state index contributed by atoms with van der Waals surface area (Å²) in [5, 5.41) is 6.29. The number of rotatable bonds is 9. The second-order valence-corrected chi connectivity index (χ2v) is 9.30. The standard InChI is InChI=1S/C21H20ClN5O2S2/c22-7-3-9-31(29)27-15-5-1-4-14(10-15)11-19(28)26-21-25-18(13-30-21)17-12-24-20-16(17)6-2-8-23-20/h1-2,4-6,8,10,12-13,27H,3,7,9,11H2,(H,23,24)(H,25,26,28). The number of amides is 1. The fraction of sp³-hybridized carbons (Fsp3) is 0.190. The maximum Gasteiger partial charge on any atom is 0.230 e. The van der Waals surface area contributed by atoms with Crippen LogP contribution in [-0.4, -0.2) is 36.7 Å². The van der Waals surface area contributed by atoms with Crippen molar-refractivity contribution in [2.75, 3.05) is 21.7 Å². The number of aromatic amines is 1. The summed E-state index contributed by atoms with van der Waals surface area (Å²) in [6.07, 6.45) is 4.47. The molecule has 3 N–H and O–H groups in total. The van der Waals surface area contributed by atoms with Crippen LogP contribution in [0.4, 0.5) is 10.8 Å². The molecular formula is C21H20ClN5O2S2. The summed E-state index contributed by atoms with van der Waals surface area (Å²) in [5.74, 6) is 0.790. The van der Waals surface area contributed by atoms with E-state index in [9.17, 15) is 9.00 Å². The number of anilines is 2. The van der Waals surface area contributed by atoms with Crippen molar-refractivity contribution in [2.24, 2.45) is 0 Å². The Morgan fingerprint density at radius 3 is 3.03 bits per heavy atom. The number of nitrogens with zero attached hydrogens (tertiary/aromatic N) is 2. The summed E-state index contributed by atoms with van der Waals surface area (Å²) in [5.41, 5.74) is 4.05. The predicted octanol–water partition coefficient (Wildman–Crippen LogP) is 4.57. The van der Waals surface area contributed by atoms with E-state index in [0.717, 1.165) is 27.9 Å². The lowest BCUT2D eigenvalue weighted by Gasteiger charge is -2.08. The van der Waals surface area contributed by atoms with Gasteiger partial charge in [-0.1, -0.05) is 12.1 Å². The number of nitrogens with one attached hydrogen (secondary N) is 3. The number of fused-ring (bicyclic) bond motifs is 1. The number of thiazole rings is 1. The van der Waals surface area contributed by atoms with Crippen LogP contribution in [0, 0.1) is 0 Å². The minimum absolute atomic E-state index is 0.165. The number of pyridine rings is 1. The van der Waals surface area contributed by atoms with E-state index in [1.165, 1.54) is 11.3 Å². The molecule has 0 radical (unpaired) electrons. The highest BCUT2D eigenvalue weighted by atomic mass is 35.5. The Hall–Kier alpha value is -2.75. The van der Waals surface area contributed by atoms with Gasteiger partial charge in [0, 0.05) is 46.0 Å². The molecule has 0 spiro atoms. The van der Waals surface area contributed by atoms with E-state index in [-0.39, 0.29) is 12.3 Å². The van der Waals surface area contributed by atoms with Gasteiger partial charge < -0.3 is 15.0 Å². The maximum absolute atomic E-state index is 12.5. The van der Waals surface area contributed by atoms with E-state index < -0.39 is 11.0 Å². The van der Waals surface area contributed by atoms with Crippen molar-refractivity contribution in [3.63, 3.8) is 0 Å². The number of halogens is 1. The van der Waals surface area contributed by atoms with E-state index >= 15 is 0 Å². The quantitative estimate of drug-likeness (QED) is 0.310. The molecule has 0 aliphatic rings. The van der Waals surface area contributed by atoms with Crippen molar-refractivity contribution in [1.29, 1.82) is 0 Å². The Morgan fingerprint density at radius 1 is 1.26 bits per heavy atom. The van der Waals surface area contributed by atoms with Crippen molar-refractivity contribution in [3.05, 3.63) is 59.7 Å². The molecule has 1 amide bonds. The molecular weight excluding hydrogens is 454 g/mol. The van der Waals surface area contributed by atoms with E-state index in [2.05, 4.69) is 25.0 Å². The molecule has 3 heterocycles. The molecule has 4 aromatic rings. The molecule has 0 bridgehead atoms. The molecule has 1 unspecified atom stereocenters. The van der Waals surface area contributed by atoms with Crippen LogP contribution in [0.15, 0.2) is 54.2 Å². The van der Waals surface area contributed by atoms with Crippen LogP contribution in [0.25, 0.3) is 22.3 Å². The van der Waals surface area contributed by atoms with Crippen LogP contribution in [-0.2, 0) is 22.2 Å². The summed E-state index contributed by atoms with van der Waals surface area (Å²) in [6.45, 7) is 0. The van der Waals surface area contributed by atoms with Gasteiger partial charge in [0.1, 0.15) is 16.6 Å². The first-order valence-corrected chi connectivity index (χ1v) is 12.3. The molecule has 1 atom stereocenters. The molecule has 31 heavy (non-hydrogen) atoms. The Morgan fingerprint density at radius 2 is 2.16 bits per heavy atom. The average Bonchev–Trinajstić information content (AvgIpc) is 3.39. The zero-order chi connectivity index (χ0) is 21.6.